The number of benzene rings is 5. The van der Waals surface area contributed by atoms with E-state index in [9.17, 15) is 5.26 Å². The van der Waals surface area contributed by atoms with Crippen LogP contribution in [0.1, 0.15) is 30.5 Å². The zero-order valence-corrected chi connectivity index (χ0v) is 23.0. The zero-order chi connectivity index (χ0) is 27.3. The highest BCUT2D eigenvalue weighted by Crippen LogP contribution is 2.50. The van der Waals surface area contributed by atoms with Crippen molar-refractivity contribution in [3.8, 4) is 40.0 Å². The Bertz CT molecular complexity index is 1970. The van der Waals surface area contributed by atoms with E-state index in [1.165, 1.54) is 31.7 Å². The summed E-state index contributed by atoms with van der Waals surface area (Å²) >= 11 is 1.75. The van der Waals surface area contributed by atoms with Crippen LogP contribution in [0.15, 0.2) is 125 Å². The van der Waals surface area contributed by atoms with Crippen LogP contribution in [0.2, 0.25) is 0 Å². The Morgan fingerprint density at radius 1 is 0.600 bits per heavy atom. The largest absolute Gasteiger partial charge is 0.228 e. The molecule has 1 aliphatic heterocycles. The van der Waals surface area contributed by atoms with E-state index in [1.807, 2.05) is 30.3 Å². The monoisotopic (exact) mass is 531 g/mol. The SMILES string of the molecule is CC1(C)c2ccc(-c3nc(-c4ccccc4)cc(-c4ccc5ccccc5c4)n3)cc2Sc2ccc(C#N)cc21. The Balaban J connectivity index is 1.37. The highest BCUT2D eigenvalue weighted by atomic mass is 32.2. The second-order valence-electron chi connectivity index (χ2n) is 10.7. The van der Waals surface area contributed by atoms with Crippen LogP contribution < -0.4 is 0 Å². The summed E-state index contributed by atoms with van der Waals surface area (Å²) in [5.41, 5.74) is 7.82. The smallest absolute Gasteiger partial charge is 0.160 e. The van der Waals surface area contributed by atoms with Crippen molar-refractivity contribution in [3.05, 3.63) is 132 Å². The molecule has 0 unspecified atom stereocenters. The van der Waals surface area contributed by atoms with Crippen LogP contribution in [0.5, 0.6) is 0 Å². The molecule has 0 saturated carbocycles. The van der Waals surface area contributed by atoms with Crippen LogP contribution in [-0.2, 0) is 5.41 Å². The van der Waals surface area contributed by atoms with Crippen molar-refractivity contribution in [2.24, 2.45) is 0 Å². The van der Waals surface area contributed by atoms with E-state index in [1.54, 1.807) is 11.8 Å². The van der Waals surface area contributed by atoms with Crippen molar-refractivity contribution in [3.63, 3.8) is 0 Å². The molecule has 5 aromatic carbocycles. The molecule has 0 amide bonds. The van der Waals surface area contributed by atoms with Crippen molar-refractivity contribution < 1.29 is 0 Å². The lowest BCUT2D eigenvalue weighted by Gasteiger charge is -2.34. The molecule has 0 saturated heterocycles. The lowest BCUT2D eigenvalue weighted by molar-refractivity contribution is 0.607. The third kappa shape index (κ3) is 4.16. The van der Waals surface area contributed by atoms with Crippen molar-refractivity contribution in [1.29, 1.82) is 5.26 Å². The predicted molar refractivity (Wildman–Crippen MR) is 163 cm³/mol. The Morgan fingerprint density at radius 2 is 1.32 bits per heavy atom. The molecule has 0 spiro atoms. The third-order valence-corrected chi connectivity index (χ3v) is 8.89. The minimum absolute atomic E-state index is 0.218. The summed E-state index contributed by atoms with van der Waals surface area (Å²) in [6.07, 6.45) is 0. The van der Waals surface area contributed by atoms with Gasteiger partial charge in [-0.2, -0.15) is 5.26 Å². The molecule has 190 valence electrons. The van der Waals surface area contributed by atoms with Gasteiger partial charge in [-0.3, -0.25) is 0 Å². The number of hydrogen-bond donors (Lipinski definition) is 0. The van der Waals surface area contributed by atoms with E-state index in [2.05, 4.69) is 105 Å². The lowest BCUT2D eigenvalue weighted by Crippen LogP contribution is -2.24. The van der Waals surface area contributed by atoms with E-state index >= 15 is 0 Å². The summed E-state index contributed by atoms with van der Waals surface area (Å²) in [7, 11) is 0. The minimum atomic E-state index is -0.218. The van der Waals surface area contributed by atoms with Crippen molar-refractivity contribution in [2.45, 2.75) is 29.1 Å². The summed E-state index contributed by atoms with van der Waals surface area (Å²) in [4.78, 5) is 12.5. The number of hydrogen-bond acceptors (Lipinski definition) is 4. The van der Waals surface area contributed by atoms with Gasteiger partial charge in [0.15, 0.2) is 5.82 Å². The molecule has 1 aromatic heterocycles. The molecule has 7 rings (SSSR count). The van der Waals surface area contributed by atoms with E-state index < -0.39 is 0 Å². The van der Waals surface area contributed by atoms with Gasteiger partial charge in [0.25, 0.3) is 0 Å². The molecular weight excluding hydrogens is 506 g/mol. The second-order valence-corrected chi connectivity index (χ2v) is 11.7. The first kappa shape index (κ1) is 24.3. The highest BCUT2D eigenvalue weighted by molar-refractivity contribution is 7.99. The van der Waals surface area contributed by atoms with Gasteiger partial charge in [0.05, 0.1) is 23.0 Å². The minimum Gasteiger partial charge on any atom is -0.228 e. The summed E-state index contributed by atoms with van der Waals surface area (Å²) in [5.74, 6) is 0.705. The first-order valence-electron chi connectivity index (χ1n) is 13.3. The fraction of sp³-hybridized carbons (Fsp3) is 0.0833. The lowest BCUT2D eigenvalue weighted by atomic mass is 9.77. The molecule has 0 bridgehead atoms. The maximum Gasteiger partial charge on any atom is 0.160 e. The number of rotatable bonds is 3. The third-order valence-electron chi connectivity index (χ3n) is 7.76. The van der Waals surface area contributed by atoms with Gasteiger partial charge in [-0.25, -0.2) is 9.97 Å². The highest BCUT2D eigenvalue weighted by Gasteiger charge is 2.33. The Kier molecular flexibility index (Phi) is 5.77. The molecule has 1 aliphatic rings. The molecule has 2 heterocycles. The fourth-order valence-electron chi connectivity index (χ4n) is 5.53. The molecule has 0 N–H and O–H groups in total. The zero-order valence-electron chi connectivity index (χ0n) is 22.2. The molecule has 0 atom stereocenters. The van der Waals surface area contributed by atoms with Crippen molar-refractivity contribution in [1.82, 2.24) is 9.97 Å². The van der Waals surface area contributed by atoms with Gasteiger partial charge in [-0.05, 0) is 58.3 Å². The molecule has 3 nitrogen and oxygen atoms in total. The molecule has 0 fully saturated rings. The molecule has 40 heavy (non-hydrogen) atoms. The van der Waals surface area contributed by atoms with Gasteiger partial charge in [-0.1, -0.05) is 104 Å². The average molecular weight is 532 g/mol. The van der Waals surface area contributed by atoms with Gasteiger partial charge in [0.2, 0.25) is 0 Å². The quantitative estimate of drug-likeness (QED) is 0.228. The van der Waals surface area contributed by atoms with E-state index in [-0.39, 0.29) is 5.41 Å². The van der Waals surface area contributed by atoms with Crippen molar-refractivity contribution in [2.75, 3.05) is 0 Å². The first-order valence-corrected chi connectivity index (χ1v) is 14.1. The molecular formula is C36H25N3S. The van der Waals surface area contributed by atoms with Gasteiger partial charge in [0, 0.05) is 31.9 Å². The van der Waals surface area contributed by atoms with Gasteiger partial charge in [0.1, 0.15) is 0 Å². The summed E-state index contributed by atoms with van der Waals surface area (Å²) in [5, 5.41) is 11.9. The molecule has 6 aromatic rings. The van der Waals surface area contributed by atoms with E-state index in [0.717, 1.165) is 28.1 Å². The van der Waals surface area contributed by atoms with Crippen LogP contribution >= 0.6 is 11.8 Å². The standard InChI is InChI=1S/C36H25N3S/c1-36(2)29-16-15-28(20-34(29)40-33-17-12-23(22-37)18-30(33)36)35-38-31(25-9-4-3-5-10-25)21-32(39-35)27-14-13-24-8-6-7-11-26(24)19-27/h3-21H,1-2H3. The Morgan fingerprint density at radius 3 is 2.12 bits per heavy atom. The van der Waals surface area contributed by atoms with Crippen molar-refractivity contribution >= 4 is 22.5 Å². The van der Waals surface area contributed by atoms with Crippen LogP contribution in [0.3, 0.4) is 0 Å². The Labute approximate surface area is 238 Å². The topological polar surface area (TPSA) is 49.6 Å². The van der Waals surface area contributed by atoms with Crippen LogP contribution in [0.4, 0.5) is 0 Å². The van der Waals surface area contributed by atoms with E-state index in [4.69, 9.17) is 9.97 Å². The number of fused-ring (bicyclic) bond motifs is 3. The number of nitriles is 1. The van der Waals surface area contributed by atoms with Crippen LogP contribution in [-0.4, -0.2) is 9.97 Å². The normalized spacial score (nSPS) is 13.3. The summed E-state index contributed by atoms with van der Waals surface area (Å²) in [6.45, 7) is 4.46. The predicted octanol–water partition coefficient (Wildman–Crippen LogP) is 9.29. The maximum atomic E-state index is 9.46. The van der Waals surface area contributed by atoms with Gasteiger partial charge < -0.3 is 0 Å². The van der Waals surface area contributed by atoms with Crippen LogP contribution in [0.25, 0.3) is 44.7 Å². The summed E-state index contributed by atoms with van der Waals surface area (Å²) in [6, 6.07) is 42.1. The van der Waals surface area contributed by atoms with E-state index in [0.29, 0.717) is 11.4 Å². The average Bonchev–Trinajstić information content (AvgIpc) is 3.00. The number of nitrogens with zero attached hydrogens (tertiary/aromatic N) is 3. The Hall–Kier alpha value is -4.72. The van der Waals surface area contributed by atoms with Crippen LogP contribution in [0, 0.1) is 11.3 Å². The van der Waals surface area contributed by atoms with Gasteiger partial charge >= 0.3 is 0 Å². The molecule has 0 radical (unpaired) electrons. The first-order chi connectivity index (χ1) is 19.5. The fourth-order valence-corrected chi connectivity index (χ4v) is 6.95. The number of aromatic nitrogens is 2. The molecule has 4 heteroatoms. The second kappa shape index (κ2) is 9.48. The van der Waals surface area contributed by atoms with Gasteiger partial charge in [-0.15, -0.1) is 0 Å². The summed E-state index contributed by atoms with van der Waals surface area (Å²) < 4.78 is 0. The maximum absolute atomic E-state index is 9.46. The molecule has 0 aliphatic carbocycles.